The minimum Gasteiger partial charge on any atom is -0.376 e. The molecule has 5 aromatic carbocycles. The molecule has 0 aliphatic carbocycles. The summed E-state index contributed by atoms with van der Waals surface area (Å²) in [6.07, 6.45) is 6.23. The SMILES string of the molecule is C1=CN(c2ccc3c(c2)B2c4cc(-c5ccccn5)ccc4-c4ccccc4N2c2ccccc2-3)CN1c1ccccc1. The molecule has 6 aromatic rings. The number of rotatable bonds is 3. The molecule has 0 saturated carbocycles. The Bertz CT molecular complexity index is 2040. The summed E-state index contributed by atoms with van der Waals surface area (Å²) in [5, 5.41) is 0. The van der Waals surface area contributed by atoms with Crippen LogP contribution in [0.15, 0.2) is 152 Å². The number of benzene rings is 5. The Balaban J connectivity index is 1.24. The van der Waals surface area contributed by atoms with Crippen molar-refractivity contribution in [2.75, 3.05) is 21.3 Å². The molecule has 9 rings (SSSR count). The number of anilines is 4. The monoisotopic (exact) mass is 550 g/mol. The van der Waals surface area contributed by atoms with Gasteiger partial charge in [-0.1, -0.05) is 84.9 Å². The lowest BCUT2D eigenvalue weighted by atomic mass is 9.43. The van der Waals surface area contributed by atoms with Gasteiger partial charge >= 0.3 is 6.85 Å². The standard InChI is InChI=1S/C38H27BN4/c1-2-10-28(11-3-1)41-22-23-42(26-41)29-18-20-31-33-13-5-7-16-38(33)43-37-15-6-4-12-32(37)30-19-17-27(36-14-8-9-21-40-36)24-34(30)39(43)35(31)25-29/h1-25H,26H2. The van der Waals surface area contributed by atoms with Crippen molar-refractivity contribution in [2.45, 2.75) is 0 Å². The summed E-state index contributed by atoms with van der Waals surface area (Å²) >= 11 is 0. The highest BCUT2D eigenvalue weighted by molar-refractivity contribution is 6.92. The van der Waals surface area contributed by atoms with Crippen LogP contribution in [-0.4, -0.2) is 18.5 Å². The van der Waals surface area contributed by atoms with E-state index in [2.05, 4.69) is 154 Å². The van der Waals surface area contributed by atoms with Crippen LogP contribution in [0.5, 0.6) is 0 Å². The Morgan fingerprint density at radius 2 is 1.14 bits per heavy atom. The lowest BCUT2D eigenvalue weighted by molar-refractivity contribution is 0.976. The van der Waals surface area contributed by atoms with Crippen molar-refractivity contribution < 1.29 is 0 Å². The van der Waals surface area contributed by atoms with Crippen molar-refractivity contribution in [3.8, 4) is 33.5 Å². The Labute approximate surface area is 251 Å². The van der Waals surface area contributed by atoms with Crippen LogP contribution in [-0.2, 0) is 0 Å². The van der Waals surface area contributed by atoms with E-state index in [-0.39, 0.29) is 6.85 Å². The van der Waals surface area contributed by atoms with Crippen LogP contribution in [0.2, 0.25) is 0 Å². The topological polar surface area (TPSA) is 22.6 Å². The first-order valence-electron chi connectivity index (χ1n) is 14.8. The molecule has 0 N–H and O–H groups in total. The molecule has 0 atom stereocenters. The third-order valence-electron chi connectivity index (χ3n) is 8.95. The van der Waals surface area contributed by atoms with E-state index in [1.807, 2.05) is 12.3 Å². The molecule has 0 saturated heterocycles. The van der Waals surface area contributed by atoms with Crippen molar-refractivity contribution in [1.82, 2.24) is 4.98 Å². The van der Waals surface area contributed by atoms with Crippen LogP contribution in [0.1, 0.15) is 0 Å². The van der Waals surface area contributed by atoms with Gasteiger partial charge in [-0.15, -0.1) is 0 Å². The normalized spacial score (nSPS) is 14.1. The van der Waals surface area contributed by atoms with Crippen molar-refractivity contribution in [3.63, 3.8) is 0 Å². The molecule has 0 radical (unpaired) electrons. The number of pyridine rings is 1. The summed E-state index contributed by atoms with van der Waals surface area (Å²) in [7, 11) is 0. The highest BCUT2D eigenvalue weighted by Crippen LogP contribution is 2.46. The van der Waals surface area contributed by atoms with Crippen LogP contribution in [0.4, 0.5) is 22.7 Å². The zero-order valence-electron chi connectivity index (χ0n) is 23.5. The molecule has 0 unspecified atom stereocenters. The predicted octanol–water partition coefficient (Wildman–Crippen LogP) is 7.41. The quantitative estimate of drug-likeness (QED) is 0.214. The predicted molar refractivity (Wildman–Crippen MR) is 180 cm³/mol. The van der Waals surface area contributed by atoms with E-state index in [1.54, 1.807) is 0 Å². The molecule has 3 aliphatic heterocycles. The molecule has 3 aliphatic rings. The highest BCUT2D eigenvalue weighted by Gasteiger charge is 2.42. The number of hydrogen-bond acceptors (Lipinski definition) is 4. The van der Waals surface area contributed by atoms with Gasteiger partial charge in [-0.25, -0.2) is 0 Å². The van der Waals surface area contributed by atoms with Gasteiger partial charge in [0.25, 0.3) is 0 Å². The molecule has 0 bridgehead atoms. The van der Waals surface area contributed by atoms with E-state index >= 15 is 0 Å². The fourth-order valence-corrected chi connectivity index (χ4v) is 6.98. The van der Waals surface area contributed by atoms with Crippen molar-refractivity contribution in [3.05, 3.63) is 152 Å². The molecule has 1 aromatic heterocycles. The van der Waals surface area contributed by atoms with E-state index in [0.717, 1.165) is 17.9 Å². The first-order chi connectivity index (χ1) is 21.3. The summed E-state index contributed by atoms with van der Waals surface area (Å²) in [4.78, 5) is 11.9. The van der Waals surface area contributed by atoms with E-state index in [9.17, 15) is 0 Å². The van der Waals surface area contributed by atoms with Gasteiger partial charge in [0.1, 0.15) is 0 Å². The molecule has 5 heteroatoms. The molecule has 4 heterocycles. The first-order valence-corrected chi connectivity index (χ1v) is 14.8. The smallest absolute Gasteiger partial charge is 0.329 e. The highest BCUT2D eigenvalue weighted by atomic mass is 15.3. The number of nitrogens with zero attached hydrogens (tertiary/aromatic N) is 4. The maximum Gasteiger partial charge on any atom is 0.329 e. The van der Waals surface area contributed by atoms with E-state index in [1.165, 1.54) is 55.9 Å². The number of para-hydroxylation sites is 3. The lowest BCUT2D eigenvalue weighted by Gasteiger charge is -2.43. The molecule has 0 amide bonds. The third-order valence-corrected chi connectivity index (χ3v) is 8.95. The van der Waals surface area contributed by atoms with E-state index in [0.29, 0.717) is 0 Å². The Hall–Kier alpha value is -5.55. The van der Waals surface area contributed by atoms with Crippen LogP contribution >= 0.6 is 0 Å². The molecule has 4 nitrogen and oxygen atoms in total. The van der Waals surface area contributed by atoms with Crippen LogP contribution < -0.4 is 25.5 Å². The second-order valence-electron chi connectivity index (χ2n) is 11.3. The zero-order valence-corrected chi connectivity index (χ0v) is 23.5. The van der Waals surface area contributed by atoms with E-state index < -0.39 is 0 Å². The Morgan fingerprint density at radius 3 is 1.86 bits per heavy atom. The minimum absolute atomic E-state index is 0.0234. The van der Waals surface area contributed by atoms with Crippen LogP contribution in [0, 0.1) is 0 Å². The van der Waals surface area contributed by atoms with Gasteiger partial charge in [-0.05, 0) is 76.1 Å². The summed E-state index contributed by atoms with van der Waals surface area (Å²) in [5.74, 6) is 0. The van der Waals surface area contributed by atoms with Gasteiger partial charge in [-0.2, -0.15) is 0 Å². The van der Waals surface area contributed by atoms with Gasteiger partial charge in [-0.3, -0.25) is 4.98 Å². The number of hydrogen-bond donors (Lipinski definition) is 0. The van der Waals surface area contributed by atoms with Crippen molar-refractivity contribution in [2.24, 2.45) is 0 Å². The third kappa shape index (κ3) is 3.75. The van der Waals surface area contributed by atoms with Crippen molar-refractivity contribution in [1.29, 1.82) is 0 Å². The summed E-state index contributed by atoms with van der Waals surface area (Å²) in [6, 6.07) is 48.2. The minimum atomic E-state index is 0.0234. The van der Waals surface area contributed by atoms with Gasteiger partial charge in [0, 0.05) is 52.5 Å². The van der Waals surface area contributed by atoms with E-state index in [4.69, 9.17) is 4.98 Å². The molecule has 0 spiro atoms. The summed E-state index contributed by atoms with van der Waals surface area (Å²) < 4.78 is 0. The van der Waals surface area contributed by atoms with Gasteiger partial charge in [0.2, 0.25) is 0 Å². The molecular weight excluding hydrogens is 523 g/mol. The summed E-state index contributed by atoms with van der Waals surface area (Å²) in [6.45, 7) is 0.798. The Kier molecular flexibility index (Phi) is 5.32. The van der Waals surface area contributed by atoms with Crippen LogP contribution in [0.3, 0.4) is 0 Å². The molecule has 0 fully saturated rings. The number of fused-ring (bicyclic) bond motifs is 11. The van der Waals surface area contributed by atoms with Crippen molar-refractivity contribution >= 4 is 40.5 Å². The largest absolute Gasteiger partial charge is 0.376 e. The average molecular weight is 550 g/mol. The first kappa shape index (κ1) is 24.1. The van der Waals surface area contributed by atoms with Crippen LogP contribution in [0.25, 0.3) is 33.5 Å². The van der Waals surface area contributed by atoms with Gasteiger partial charge in [0.05, 0.1) is 12.4 Å². The Morgan fingerprint density at radius 1 is 0.512 bits per heavy atom. The molecule has 202 valence electrons. The van der Waals surface area contributed by atoms with Gasteiger partial charge in [0.15, 0.2) is 0 Å². The average Bonchev–Trinajstić information content (AvgIpc) is 3.59. The summed E-state index contributed by atoms with van der Waals surface area (Å²) in [5.41, 5.74) is 14.7. The maximum absolute atomic E-state index is 4.69. The molecule has 43 heavy (non-hydrogen) atoms. The number of aromatic nitrogens is 1. The van der Waals surface area contributed by atoms with Gasteiger partial charge < -0.3 is 14.6 Å². The second-order valence-corrected chi connectivity index (χ2v) is 11.3. The zero-order chi connectivity index (χ0) is 28.3. The lowest BCUT2D eigenvalue weighted by Crippen LogP contribution is -2.59. The second kappa shape index (κ2) is 9.50. The fourth-order valence-electron chi connectivity index (χ4n) is 6.98. The maximum atomic E-state index is 4.69. The fraction of sp³-hybridized carbons (Fsp3) is 0.0263. The molecular formula is C38H27BN4.